The second kappa shape index (κ2) is 10.3. The Morgan fingerprint density at radius 1 is 1.41 bits per heavy atom. The van der Waals surface area contributed by atoms with Crippen LogP contribution in [-0.4, -0.2) is 58.3 Å². The molecule has 7 nitrogen and oxygen atoms in total. The molecule has 1 saturated heterocycles. The summed E-state index contributed by atoms with van der Waals surface area (Å²) in [5.74, 6) is 0.837. The Morgan fingerprint density at radius 3 is 2.85 bits per heavy atom. The first-order valence-electron chi connectivity index (χ1n) is 9.28. The number of sulfonamides is 1. The number of hydrogen-bond acceptors (Lipinski definition) is 4. The number of nitrogens with zero attached hydrogens (tertiary/aromatic N) is 2. The summed E-state index contributed by atoms with van der Waals surface area (Å²) < 4.78 is 22.2. The zero-order valence-corrected chi connectivity index (χ0v) is 17.6. The topological polar surface area (TPSA) is 99.8 Å². The molecule has 1 aliphatic heterocycles. The fraction of sp³-hybridized carbons (Fsp3) is 0.611. The first-order valence-corrected chi connectivity index (χ1v) is 11.4. The summed E-state index contributed by atoms with van der Waals surface area (Å²) in [6, 6.07) is 8.28. The zero-order chi connectivity index (χ0) is 19.9. The van der Waals surface area contributed by atoms with E-state index in [1.165, 1.54) is 5.56 Å². The van der Waals surface area contributed by atoms with E-state index < -0.39 is 10.0 Å². The number of nitrogens with two attached hydrogens (primary N) is 1. The molecule has 1 aliphatic rings. The lowest BCUT2D eigenvalue weighted by Gasteiger charge is -2.39. The third-order valence-corrected chi connectivity index (χ3v) is 5.71. The quantitative estimate of drug-likeness (QED) is 0.463. The number of rotatable bonds is 7. The molecule has 2 rings (SSSR count). The van der Waals surface area contributed by atoms with Crippen molar-refractivity contribution in [2.24, 2.45) is 16.0 Å². The highest BCUT2D eigenvalue weighted by atomic mass is 35.5. The van der Waals surface area contributed by atoms with Crippen LogP contribution in [-0.2, 0) is 10.0 Å². The second-order valence-electron chi connectivity index (χ2n) is 6.90. The first-order chi connectivity index (χ1) is 12.8. The van der Waals surface area contributed by atoms with Gasteiger partial charge in [-0.25, -0.2) is 13.6 Å². The number of piperidine rings is 1. The molecule has 0 amide bonds. The Labute approximate surface area is 167 Å². The predicted octanol–water partition coefficient (Wildman–Crippen LogP) is 1.57. The molecule has 27 heavy (non-hydrogen) atoms. The van der Waals surface area contributed by atoms with E-state index in [-0.39, 0.29) is 18.3 Å². The molecule has 0 aliphatic carbocycles. The summed E-state index contributed by atoms with van der Waals surface area (Å²) in [6.45, 7) is 4.59. The van der Waals surface area contributed by atoms with E-state index in [0.717, 1.165) is 24.4 Å². The second-order valence-corrected chi connectivity index (χ2v) is 9.07. The van der Waals surface area contributed by atoms with Crippen molar-refractivity contribution in [3.63, 3.8) is 0 Å². The smallest absolute Gasteiger partial charge is 0.210 e. The van der Waals surface area contributed by atoms with Crippen LogP contribution in [0.15, 0.2) is 29.3 Å². The van der Waals surface area contributed by atoms with Gasteiger partial charge in [0.1, 0.15) is 0 Å². The fourth-order valence-corrected chi connectivity index (χ4v) is 4.12. The van der Waals surface area contributed by atoms with Gasteiger partial charge in [0, 0.05) is 30.7 Å². The Balaban J connectivity index is 2.09. The van der Waals surface area contributed by atoms with Crippen LogP contribution in [0, 0.1) is 5.92 Å². The van der Waals surface area contributed by atoms with Crippen LogP contribution in [0.3, 0.4) is 0 Å². The van der Waals surface area contributed by atoms with E-state index in [2.05, 4.69) is 33.6 Å². The van der Waals surface area contributed by atoms with Crippen LogP contribution in [0.2, 0.25) is 5.02 Å². The molecule has 4 N–H and O–H groups in total. The highest BCUT2D eigenvalue weighted by Gasteiger charge is 2.30. The molecule has 0 aromatic heterocycles. The van der Waals surface area contributed by atoms with E-state index >= 15 is 0 Å². The molecular formula is C18H30ClN5O2S. The molecule has 1 fully saturated rings. The lowest BCUT2D eigenvalue weighted by Crippen LogP contribution is -2.42. The van der Waals surface area contributed by atoms with E-state index in [1.54, 1.807) is 0 Å². The molecule has 2 atom stereocenters. The third kappa shape index (κ3) is 7.29. The lowest BCUT2D eigenvalue weighted by atomic mass is 9.85. The van der Waals surface area contributed by atoms with Gasteiger partial charge in [0.2, 0.25) is 10.0 Å². The van der Waals surface area contributed by atoms with Gasteiger partial charge in [-0.2, -0.15) is 0 Å². The number of likely N-dealkylation sites (tertiary alicyclic amines) is 1. The van der Waals surface area contributed by atoms with Crippen LogP contribution in [0.5, 0.6) is 0 Å². The summed E-state index contributed by atoms with van der Waals surface area (Å²) in [4.78, 5) is 7.05. The SMILES string of the molecule is CCNC(=NCC1CCCN(C)C1c1cccc(Cl)c1)NCCS(N)(=O)=O. The number of benzene rings is 1. The number of aliphatic imine (C=N–C) groups is 1. The van der Waals surface area contributed by atoms with E-state index in [1.807, 2.05) is 25.1 Å². The average Bonchev–Trinajstić information content (AvgIpc) is 2.58. The Hall–Kier alpha value is -1.35. The first kappa shape index (κ1) is 21.9. The van der Waals surface area contributed by atoms with E-state index in [9.17, 15) is 8.42 Å². The molecule has 0 bridgehead atoms. The summed E-state index contributed by atoms with van der Waals surface area (Å²) >= 11 is 6.20. The van der Waals surface area contributed by atoms with E-state index in [0.29, 0.717) is 25.0 Å². The number of hydrogen-bond donors (Lipinski definition) is 3. The van der Waals surface area contributed by atoms with Crippen molar-refractivity contribution in [3.05, 3.63) is 34.9 Å². The number of nitrogens with one attached hydrogen (secondary N) is 2. The van der Waals surface area contributed by atoms with Crippen molar-refractivity contribution in [3.8, 4) is 0 Å². The highest BCUT2D eigenvalue weighted by Crippen LogP contribution is 2.36. The molecule has 152 valence electrons. The van der Waals surface area contributed by atoms with Crippen LogP contribution in [0.4, 0.5) is 0 Å². The van der Waals surface area contributed by atoms with Crippen molar-refractivity contribution in [1.29, 1.82) is 0 Å². The minimum atomic E-state index is -3.49. The largest absolute Gasteiger partial charge is 0.357 e. The van der Waals surface area contributed by atoms with Crippen molar-refractivity contribution in [2.45, 2.75) is 25.8 Å². The van der Waals surface area contributed by atoms with Crippen molar-refractivity contribution in [1.82, 2.24) is 15.5 Å². The van der Waals surface area contributed by atoms with Crippen molar-refractivity contribution in [2.75, 3.05) is 39.0 Å². The van der Waals surface area contributed by atoms with Gasteiger partial charge in [0.05, 0.1) is 5.75 Å². The van der Waals surface area contributed by atoms with Gasteiger partial charge in [-0.1, -0.05) is 23.7 Å². The van der Waals surface area contributed by atoms with Crippen molar-refractivity contribution >= 4 is 27.6 Å². The van der Waals surface area contributed by atoms with Gasteiger partial charge in [-0.05, 0) is 57.0 Å². The minimum absolute atomic E-state index is 0.130. The summed E-state index contributed by atoms with van der Waals surface area (Å²) in [5.41, 5.74) is 1.21. The fourth-order valence-electron chi connectivity index (χ4n) is 3.53. The molecule has 1 aromatic rings. The van der Waals surface area contributed by atoms with Crippen LogP contribution < -0.4 is 15.8 Å². The molecule has 0 saturated carbocycles. The molecule has 1 heterocycles. The van der Waals surface area contributed by atoms with Gasteiger partial charge >= 0.3 is 0 Å². The van der Waals surface area contributed by atoms with Gasteiger partial charge in [0.15, 0.2) is 5.96 Å². The number of guanidine groups is 1. The molecule has 0 spiro atoms. The van der Waals surface area contributed by atoms with Crippen LogP contribution in [0.25, 0.3) is 0 Å². The maximum absolute atomic E-state index is 11.1. The standard InChI is InChI=1S/C18H30ClN5O2S/c1-3-21-18(22-9-11-27(20,25)26)23-13-15-7-5-10-24(2)17(15)14-6-4-8-16(19)12-14/h4,6,8,12,15,17H,3,5,7,9-11,13H2,1-2H3,(H2,20,25,26)(H2,21,22,23). The highest BCUT2D eigenvalue weighted by molar-refractivity contribution is 7.89. The number of halogens is 1. The molecule has 2 unspecified atom stereocenters. The monoisotopic (exact) mass is 415 g/mol. The maximum atomic E-state index is 11.1. The minimum Gasteiger partial charge on any atom is -0.357 e. The summed E-state index contributed by atoms with van der Waals surface area (Å²) in [5, 5.41) is 12.0. The molecule has 0 radical (unpaired) electrons. The molecule has 1 aromatic carbocycles. The van der Waals surface area contributed by atoms with Gasteiger partial charge in [-0.15, -0.1) is 0 Å². The Morgan fingerprint density at radius 2 is 2.19 bits per heavy atom. The van der Waals surface area contributed by atoms with E-state index in [4.69, 9.17) is 16.7 Å². The molecule has 9 heteroatoms. The summed E-state index contributed by atoms with van der Waals surface area (Å²) in [7, 11) is -1.35. The van der Waals surface area contributed by atoms with Crippen LogP contribution in [0.1, 0.15) is 31.4 Å². The van der Waals surface area contributed by atoms with Crippen molar-refractivity contribution < 1.29 is 8.42 Å². The third-order valence-electron chi connectivity index (χ3n) is 4.70. The Kier molecular flexibility index (Phi) is 8.34. The summed E-state index contributed by atoms with van der Waals surface area (Å²) in [6.07, 6.45) is 2.21. The normalized spacial score (nSPS) is 21.9. The Bertz CT molecular complexity index is 741. The zero-order valence-electron chi connectivity index (χ0n) is 16.0. The molecular weight excluding hydrogens is 386 g/mol. The van der Waals surface area contributed by atoms with Gasteiger partial charge < -0.3 is 10.6 Å². The maximum Gasteiger partial charge on any atom is 0.210 e. The average molecular weight is 416 g/mol. The van der Waals surface area contributed by atoms with Gasteiger partial charge in [-0.3, -0.25) is 9.89 Å². The van der Waals surface area contributed by atoms with Gasteiger partial charge in [0.25, 0.3) is 0 Å². The lowest BCUT2D eigenvalue weighted by molar-refractivity contribution is 0.125. The van der Waals surface area contributed by atoms with Crippen LogP contribution >= 0.6 is 11.6 Å². The number of primary sulfonamides is 1. The predicted molar refractivity (Wildman–Crippen MR) is 112 cm³/mol.